The van der Waals surface area contributed by atoms with Crippen molar-refractivity contribution in [3.8, 4) is 11.5 Å². The van der Waals surface area contributed by atoms with Gasteiger partial charge in [0.1, 0.15) is 18.0 Å². The van der Waals surface area contributed by atoms with Crippen LogP contribution >= 0.6 is 11.6 Å². The molecule has 1 saturated heterocycles. The Bertz CT molecular complexity index is 774. The van der Waals surface area contributed by atoms with Crippen LogP contribution in [0, 0.1) is 5.41 Å². The Hall–Kier alpha value is -2.28. The van der Waals surface area contributed by atoms with Gasteiger partial charge in [0.05, 0.1) is 30.3 Å². The summed E-state index contributed by atoms with van der Waals surface area (Å²) in [4.78, 5) is 38.8. The Morgan fingerprint density at radius 3 is 2.44 bits per heavy atom. The Kier molecular flexibility index (Phi) is 5.60. The van der Waals surface area contributed by atoms with Crippen LogP contribution < -0.4 is 14.8 Å². The lowest BCUT2D eigenvalue weighted by Gasteiger charge is -2.30. The Morgan fingerprint density at radius 1 is 1.15 bits per heavy atom. The van der Waals surface area contributed by atoms with Crippen molar-refractivity contribution in [3.63, 3.8) is 0 Å². The number of likely N-dealkylation sites (tertiary alicyclic amines) is 1. The average Bonchev–Trinajstić information content (AvgIpc) is 2.87. The van der Waals surface area contributed by atoms with Crippen LogP contribution in [0.5, 0.6) is 11.5 Å². The lowest BCUT2D eigenvalue weighted by molar-refractivity contribution is -0.144. The molecule has 1 heterocycles. The topological polar surface area (TPSA) is 84.9 Å². The summed E-state index contributed by atoms with van der Waals surface area (Å²) in [6.07, 6.45) is 4.62. The second-order valence-corrected chi connectivity index (χ2v) is 7.45. The number of carbonyl (C=O) groups excluding carboxylic acids is 3. The van der Waals surface area contributed by atoms with Gasteiger partial charge in [-0.3, -0.25) is 19.3 Å². The maximum atomic E-state index is 12.8. The van der Waals surface area contributed by atoms with Crippen molar-refractivity contribution < 1.29 is 23.9 Å². The van der Waals surface area contributed by atoms with Gasteiger partial charge in [-0.25, -0.2) is 0 Å². The number of nitrogens with zero attached hydrogens (tertiary/aromatic N) is 1. The number of rotatable bonds is 5. The van der Waals surface area contributed by atoms with Gasteiger partial charge in [0, 0.05) is 18.6 Å². The van der Waals surface area contributed by atoms with Crippen molar-refractivity contribution in [1.29, 1.82) is 0 Å². The molecule has 0 bridgehead atoms. The quantitative estimate of drug-likeness (QED) is 0.776. The van der Waals surface area contributed by atoms with Crippen molar-refractivity contribution in [3.05, 3.63) is 17.2 Å². The minimum absolute atomic E-state index is 0.206. The van der Waals surface area contributed by atoms with E-state index < -0.39 is 11.3 Å². The molecular weight excluding hydrogens is 372 g/mol. The van der Waals surface area contributed by atoms with Gasteiger partial charge in [0.15, 0.2) is 0 Å². The summed E-state index contributed by atoms with van der Waals surface area (Å²) < 4.78 is 10.4. The lowest BCUT2D eigenvalue weighted by atomic mass is 9.73. The van der Waals surface area contributed by atoms with Crippen molar-refractivity contribution in [2.24, 2.45) is 5.41 Å². The molecular formula is C19H23ClN2O5. The van der Waals surface area contributed by atoms with E-state index in [1.165, 1.54) is 26.4 Å². The molecule has 27 heavy (non-hydrogen) atoms. The number of nitrogens with one attached hydrogen (secondary N) is 1. The highest BCUT2D eigenvalue weighted by molar-refractivity contribution is 6.32. The Morgan fingerprint density at radius 2 is 1.81 bits per heavy atom. The van der Waals surface area contributed by atoms with Crippen LogP contribution in [0.3, 0.4) is 0 Å². The van der Waals surface area contributed by atoms with Crippen molar-refractivity contribution in [2.45, 2.75) is 38.5 Å². The number of hydrogen-bond acceptors (Lipinski definition) is 5. The van der Waals surface area contributed by atoms with Gasteiger partial charge in [-0.15, -0.1) is 0 Å². The average molecular weight is 395 g/mol. The van der Waals surface area contributed by atoms with E-state index >= 15 is 0 Å². The smallest absolute Gasteiger partial charge is 0.244 e. The number of methoxy groups -OCH3 is 2. The van der Waals surface area contributed by atoms with E-state index in [0.29, 0.717) is 22.2 Å². The summed E-state index contributed by atoms with van der Waals surface area (Å²) in [6, 6.07) is 3.06. The molecule has 0 aromatic heterocycles. The molecule has 1 aromatic rings. The zero-order valence-electron chi connectivity index (χ0n) is 15.5. The van der Waals surface area contributed by atoms with Gasteiger partial charge in [-0.2, -0.15) is 0 Å². The van der Waals surface area contributed by atoms with Crippen LogP contribution in [0.2, 0.25) is 5.02 Å². The fourth-order valence-electron chi connectivity index (χ4n) is 3.93. The molecule has 7 nitrogen and oxygen atoms in total. The molecule has 1 aliphatic carbocycles. The zero-order valence-corrected chi connectivity index (χ0v) is 16.2. The number of ether oxygens (including phenoxy) is 2. The fraction of sp³-hybridized carbons (Fsp3) is 0.526. The molecule has 1 aliphatic heterocycles. The second-order valence-electron chi connectivity index (χ2n) is 7.04. The molecule has 0 atom stereocenters. The molecule has 1 saturated carbocycles. The molecule has 146 valence electrons. The number of benzene rings is 1. The predicted octanol–water partition coefficient (Wildman–Crippen LogP) is 3.01. The number of halogens is 1. The van der Waals surface area contributed by atoms with Crippen LogP contribution in [0.1, 0.15) is 38.5 Å². The van der Waals surface area contributed by atoms with E-state index in [4.69, 9.17) is 21.1 Å². The number of amides is 3. The largest absolute Gasteiger partial charge is 0.495 e. The highest BCUT2D eigenvalue weighted by atomic mass is 35.5. The molecule has 1 aromatic carbocycles. The van der Waals surface area contributed by atoms with E-state index in [2.05, 4.69) is 5.32 Å². The van der Waals surface area contributed by atoms with Gasteiger partial charge in [-0.1, -0.05) is 30.9 Å². The number of imide groups is 1. The SMILES string of the molecule is COc1cc(NC(=O)CN2C(=O)CC3(CCCCC3)C2=O)c(OC)cc1Cl. The molecule has 2 fully saturated rings. The van der Waals surface area contributed by atoms with Gasteiger partial charge in [0.2, 0.25) is 17.7 Å². The van der Waals surface area contributed by atoms with Gasteiger partial charge in [-0.05, 0) is 12.8 Å². The van der Waals surface area contributed by atoms with Crippen molar-refractivity contribution in [1.82, 2.24) is 4.90 Å². The maximum absolute atomic E-state index is 12.8. The van der Waals surface area contributed by atoms with Crippen LogP contribution in [-0.4, -0.2) is 43.4 Å². The normalized spacial score (nSPS) is 18.7. The Labute approximate surface area is 162 Å². The van der Waals surface area contributed by atoms with Gasteiger partial charge < -0.3 is 14.8 Å². The highest BCUT2D eigenvalue weighted by Crippen LogP contribution is 2.45. The van der Waals surface area contributed by atoms with E-state index in [1.54, 1.807) is 0 Å². The first-order valence-corrected chi connectivity index (χ1v) is 9.34. The minimum Gasteiger partial charge on any atom is -0.495 e. The van der Waals surface area contributed by atoms with Crippen LogP contribution in [-0.2, 0) is 14.4 Å². The Balaban J connectivity index is 1.73. The fourth-order valence-corrected chi connectivity index (χ4v) is 4.16. The summed E-state index contributed by atoms with van der Waals surface area (Å²) in [5, 5.41) is 3.02. The molecule has 3 rings (SSSR count). The first kappa shape index (κ1) is 19.5. The number of anilines is 1. The first-order chi connectivity index (χ1) is 12.9. The molecule has 0 radical (unpaired) electrons. The van der Waals surface area contributed by atoms with E-state index in [9.17, 15) is 14.4 Å². The predicted molar refractivity (Wildman–Crippen MR) is 100 cm³/mol. The second kappa shape index (κ2) is 7.76. The first-order valence-electron chi connectivity index (χ1n) is 8.96. The van der Waals surface area contributed by atoms with Crippen LogP contribution in [0.15, 0.2) is 12.1 Å². The summed E-state index contributed by atoms with van der Waals surface area (Å²) in [6.45, 7) is -0.312. The number of carbonyl (C=O) groups is 3. The summed E-state index contributed by atoms with van der Waals surface area (Å²) in [7, 11) is 2.92. The standard InChI is InChI=1S/C19H23ClN2O5/c1-26-14-9-13(15(27-2)8-12(14)20)21-16(23)11-22-17(24)10-19(18(22)25)6-4-3-5-7-19/h8-9H,3-7,10-11H2,1-2H3,(H,21,23). The van der Waals surface area contributed by atoms with Gasteiger partial charge >= 0.3 is 0 Å². The maximum Gasteiger partial charge on any atom is 0.244 e. The summed E-state index contributed by atoms with van der Waals surface area (Å²) in [5.74, 6) is -0.243. The summed E-state index contributed by atoms with van der Waals surface area (Å²) in [5.41, 5.74) is -0.244. The lowest BCUT2D eigenvalue weighted by Crippen LogP contribution is -2.41. The molecule has 1 spiro atoms. The van der Waals surface area contributed by atoms with Crippen LogP contribution in [0.25, 0.3) is 0 Å². The van der Waals surface area contributed by atoms with E-state index in [1.807, 2.05) is 0 Å². The molecule has 3 amide bonds. The minimum atomic E-state index is -0.600. The third-order valence-corrected chi connectivity index (χ3v) is 5.65. The monoisotopic (exact) mass is 394 g/mol. The summed E-state index contributed by atoms with van der Waals surface area (Å²) >= 11 is 6.06. The third kappa shape index (κ3) is 3.74. The molecule has 8 heteroatoms. The molecule has 1 N–H and O–H groups in total. The van der Waals surface area contributed by atoms with Crippen LogP contribution in [0.4, 0.5) is 5.69 Å². The van der Waals surface area contributed by atoms with Crippen molar-refractivity contribution in [2.75, 3.05) is 26.1 Å². The van der Waals surface area contributed by atoms with E-state index in [0.717, 1.165) is 37.0 Å². The van der Waals surface area contributed by atoms with Crippen molar-refractivity contribution >= 4 is 35.0 Å². The number of hydrogen-bond donors (Lipinski definition) is 1. The molecule has 2 aliphatic rings. The molecule has 0 unspecified atom stereocenters. The van der Waals surface area contributed by atoms with Gasteiger partial charge in [0.25, 0.3) is 0 Å². The zero-order chi connectivity index (χ0) is 19.6. The third-order valence-electron chi connectivity index (χ3n) is 5.35. The van der Waals surface area contributed by atoms with E-state index in [-0.39, 0.29) is 24.8 Å². The highest BCUT2D eigenvalue weighted by Gasteiger charge is 2.51.